The van der Waals surface area contributed by atoms with Crippen molar-refractivity contribution >= 4 is 16.5 Å². The van der Waals surface area contributed by atoms with Gasteiger partial charge in [-0.05, 0) is 41.5 Å². The minimum atomic E-state index is -0.0298. The lowest BCUT2D eigenvalue weighted by Gasteiger charge is -2.22. The Morgan fingerprint density at radius 2 is 1.60 bits per heavy atom. The maximum absolute atomic E-state index is 11.8. The first kappa shape index (κ1) is 24.5. The summed E-state index contributed by atoms with van der Waals surface area (Å²) in [4.78, 5) is 18.9. The smallest absolute Gasteiger partial charge is 0.250 e. The summed E-state index contributed by atoms with van der Waals surface area (Å²) in [7, 11) is 3.35. The van der Waals surface area contributed by atoms with E-state index in [1.807, 2.05) is 47.8 Å². The van der Waals surface area contributed by atoms with Crippen molar-refractivity contribution < 1.29 is 14.2 Å². The molecule has 0 amide bonds. The van der Waals surface area contributed by atoms with E-state index >= 15 is 0 Å². The molecule has 0 unspecified atom stereocenters. The average Bonchev–Trinajstić information content (AvgIpc) is 3.36. The number of rotatable bonds is 12. The van der Waals surface area contributed by atoms with Crippen LogP contribution in [0.2, 0.25) is 0 Å². The molecule has 35 heavy (non-hydrogen) atoms. The fraction of sp³-hybridized carbons (Fsp3) is 0.259. The molecule has 0 bridgehead atoms. The SMILES string of the molecule is COc1cccc(CN(Cc2cccc(OC)c2)c2nc(COCCn3ccccc3=O)cs2)c1. The highest BCUT2D eigenvalue weighted by atomic mass is 32.1. The molecule has 0 saturated heterocycles. The van der Waals surface area contributed by atoms with E-state index in [0.29, 0.717) is 32.8 Å². The van der Waals surface area contributed by atoms with Crippen molar-refractivity contribution in [3.8, 4) is 11.5 Å². The molecule has 0 aliphatic rings. The Morgan fingerprint density at radius 1 is 0.914 bits per heavy atom. The van der Waals surface area contributed by atoms with E-state index < -0.39 is 0 Å². The van der Waals surface area contributed by atoms with Gasteiger partial charge in [0, 0.05) is 37.3 Å². The Hall–Kier alpha value is -3.62. The van der Waals surface area contributed by atoms with Gasteiger partial charge in [0.1, 0.15) is 11.5 Å². The highest BCUT2D eigenvalue weighted by Crippen LogP contribution is 2.27. The lowest BCUT2D eigenvalue weighted by Crippen LogP contribution is -2.22. The summed E-state index contributed by atoms with van der Waals surface area (Å²) >= 11 is 1.59. The van der Waals surface area contributed by atoms with Crippen LogP contribution in [0.5, 0.6) is 11.5 Å². The van der Waals surface area contributed by atoms with Crippen molar-refractivity contribution in [2.45, 2.75) is 26.2 Å². The summed E-state index contributed by atoms with van der Waals surface area (Å²) in [6.45, 7) is 2.70. The predicted octanol–water partition coefficient (Wildman–Crippen LogP) is 4.75. The van der Waals surface area contributed by atoms with Gasteiger partial charge in [-0.2, -0.15) is 0 Å². The number of ether oxygens (including phenoxy) is 3. The van der Waals surface area contributed by atoms with Gasteiger partial charge in [-0.25, -0.2) is 4.98 Å². The molecule has 0 fully saturated rings. The summed E-state index contributed by atoms with van der Waals surface area (Å²) in [5.41, 5.74) is 3.10. The van der Waals surface area contributed by atoms with Gasteiger partial charge in [-0.15, -0.1) is 11.3 Å². The number of hydrogen-bond acceptors (Lipinski definition) is 7. The van der Waals surface area contributed by atoms with E-state index in [1.165, 1.54) is 0 Å². The summed E-state index contributed by atoms with van der Waals surface area (Å²) in [6, 6.07) is 21.3. The predicted molar refractivity (Wildman–Crippen MR) is 138 cm³/mol. The second kappa shape index (κ2) is 12.2. The quantitative estimate of drug-likeness (QED) is 0.267. The van der Waals surface area contributed by atoms with Crippen molar-refractivity contribution in [3.63, 3.8) is 0 Å². The Bertz CT molecular complexity index is 1240. The van der Waals surface area contributed by atoms with Crippen LogP contribution in [0, 0.1) is 0 Å². The molecule has 0 atom stereocenters. The molecule has 4 aromatic rings. The zero-order valence-electron chi connectivity index (χ0n) is 19.9. The monoisotopic (exact) mass is 491 g/mol. The number of benzene rings is 2. The maximum Gasteiger partial charge on any atom is 0.250 e. The molecule has 0 N–H and O–H groups in total. The van der Waals surface area contributed by atoms with Gasteiger partial charge in [0.05, 0.1) is 33.1 Å². The van der Waals surface area contributed by atoms with E-state index in [0.717, 1.165) is 33.5 Å². The Balaban J connectivity index is 1.45. The molecular formula is C27H29N3O4S. The summed E-state index contributed by atoms with van der Waals surface area (Å²) < 4.78 is 18.2. The molecule has 4 rings (SSSR count). The zero-order chi connectivity index (χ0) is 24.5. The lowest BCUT2D eigenvalue weighted by atomic mass is 10.1. The van der Waals surface area contributed by atoms with Crippen molar-refractivity contribution in [1.82, 2.24) is 9.55 Å². The van der Waals surface area contributed by atoms with Crippen molar-refractivity contribution in [2.24, 2.45) is 0 Å². The first-order valence-electron chi connectivity index (χ1n) is 11.3. The number of nitrogens with zero attached hydrogens (tertiary/aromatic N) is 3. The van der Waals surface area contributed by atoms with Crippen LogP contribution in [0.1, 0.15) is 16.8 Å². The molecule has 0 saturated carbocycles. The fourth-order valence-corrected chi connectivity index (χ4v) is 4.48. The number of pyridine rings is 1. The molecule has 2 aromatic heterocycles. The van der Waals surface area contributed by atoms with Crippen molar-refractivity contribution in [1.29, 1.82) is 0 Å². The van der Waals surface area contributed by atoms with E-state index in [9.17, 15) is 4.79 Å². The van der Waals surface area contributed by atoms with Crippen LogP contribution in [0.25, 0.3) is 0 Å². The molecule has 0 aliphatic heterocycles. The molecule has 0 spiro atoms. The maximum atomic E-state index is 11.8. The second-order valence-corrected chi connectivity index (χ2v) is 8.80. The molecule has 0 radical (unpaired) electrons. The minimum Gasteiger partial charge on any atom is -0.497 e. The normalized spacial score (nSPS) is 10.8. The number of thiazole rings is 1. The second-order valence-electron chi connectivity index (χ2n) is 7.97. The molecule has 182 valence electrons. The third-order valence-corrected chi connectivity index (χ3v) is 6.40. The molecule has 2 heterocycles. The Morgan fingerprint density at radius 3 is 2.23 bits per heavy atom. The fourth-order valence-electron chi connectivity index (χ4n) is 3.67. The first-order chi connectivity index (χ1) is 17.1. The van der Waals surface area contributed by atoms with Crippen LogP contribution in [-0.4, -0.2) is 30.4 Å². The number of hydrogen-bond donors (Lipinski definition) is 0. The van der Waals surface area contributed by atoms with Gasteiger partial charge in [0.15, 0.2) is 5.13 Å². The highest BCUT2D eigenvalue weighted by molar-refractivity contribution is 7.13. The van der Waals surface area contributed by atoms with Gasteiger partial charge >= 0.3 is 0 Å². The van der Waals surface area contributed by atoms with Gasteiger partial charge < -0.3 is 23.7 Å². The Labute approximate surface area is 209 Å². The van der Waals surface area contributed by atoms with Crippen molar-refractivity contribution in [3.05, 3.63) is 105 Å². The third-order valence-electron chi connectivity index (χ3n) is 5.45. The molecule has 0 aliphatic carbocycles. The minimum absolute atomic E-state index is 0.0298. The van der Waals surface area contributed by atoms with Gasteiger partial charge in [-0.1, -0.05) is 30.3 Å². The number of methoxy groups -OCH3 is 2. The largest absolute Gasteiger partial charge is 0.497 e. The van der Waals surface area contributed by atoms with E-state index in [-0.39, 0.29) is 5.56 Å². The summed E-state index contributed by atoms with van der Waals surface area (Å²) in [5, 5.41) is 2.93. The van der Waals surface area contributed by atoms with Gasteiger partial charge in [0.25, 0.3) is 5.56 Å². The highest BCUT2D eigenvalue weighted by Gasteiger charge is 2.14. The van der Waals surface area contributed by atoms with Crippen molar-refractivity contribution in [2.75, 3.05) is 25.7 Å². The topological polar surface area (TPSA) is 65.8 Å². The standard InChI is InChI=1S/C27H29N3O4S/c1-32-24-9-5-7-21(15-24)17-30(18-22-8-6-10-25(16-22)33-2)27-28-23(20-35-27)19-34-14-13-29-12-4-3-11-26(29)31/h3-12,15-16,20H,13-14,17-19H2,1-2H3. The summed E-state index contributed by atoms with van der Waals surface area (Å²) in [6.07, 6.45) is 1.77. The van der Waals surface area contributed by atoms with Crippen LogP contribution in [0.3, 0.4) is 0 Å². The van der Waals surface area contributed by atoms with Gasteiger partial charge in [-0.3, -0.25) is 4.79 Å². The van der Waals surface area contributed by atoms with E-state index in [2.05, 4.69) is 17.0 Å². The average molecular weight is 492 g/mol. The van der Waals surface area contributed by atoms with E-state index in [1.54, 1.807) is 48.5 Å². The lowest BCUT2D eigenvalue weighted by molar-refractivity contribution is 0.110. The Kier molecular flexibility index (Phi) is 8.53. The van der Waals surface area contributed by atoms with Crippen LogP contribution >= 0.6 is 11.3 Å². The number of anilines is 1. The van der Waals surface area contributed by atoms with Crippen LogP contribution in [-0.2, 0) is 31.0 Å². The first-order valence-corrected chi connectivity index (χ1v) is 12.2. The molecule has 2 aromatic carbocycles. The van der Waals surface area contributed by atoms with Crippen LogP contribution in [0.4, 0.5) is 5.13 Å². The molecule has 7 nitrogen and oxygen atoms in total. The molecular weight excluding hydrogens is 462 g/mol. The van der Waals surface area contributed by atoms with Gasteiger partial charge in [0.2, 0.25) is 0 Å². The zero-order valence-corrected chi connectivity index (χ0v) is 20.7. The summed E-state index contributed by atoms with van der Waals surface area (Å²) in [5.74, 6) is 1.66. The van der Waals surface area contributed by atoms with Crippen LogP contribution < -0.4 is 19.9 Å². The third kappa shape index (κ3) is 6.94. The number of aromatic nitrogens is 2. The van der Waals surface area contributed by atoms with E-state index in [4.69, 9.17) is 19.2 Å². The van der Waals surface area contributed by atoms with Crippen LogP contribution in [0.15, 0.2) is 83.1 Å². The molecule has 8 heteroatoms.